The van der Waals surface area contributed by atoms with Crippen LogP contribution in [0, 0.1) is 0 Å². The predicted octanol–water partition coefficient (Wildman–Crippen LogP) is 2.24. The Bertz CT molecular complexity index is 676. The molecule has 4 heteroatoms. The number of phenolic OH excluding ortho intramolecular Hbond substituents is 1. The van der Waals surface area contributed by atoms with Crippen molar-refractivity contribution in [3.63, 3.8) is 0 Å². The molecule has 4 nitrogen and oxygen atoms in total. The third kappa shape index (κ3) is 3.95. The van der Waals surface area contributed by atoms with Gasteiger partial charge in [0.25, 0.3) is 0 Å². The van der Waals surface area contributed by atoms with E-state index in [2.05, 4.69) is 17.1 Å². The molecule has 2 aromatic rings. The number of quaternary nitrogens is 1. The van der Waals surface area contributed by atoms with E-state index in [4.69, 9.17) is 4.74 Å². The van der Waals surface area contributed by atoms with Crippen LogP contribution in [0.15, 0.2) is 53.5 Å². The summed E-state index contributed by atoms with van der Waals surface area (Å²) >= 11 is 0. The number of benzene rings is 2. The number of aromatic hydroxyl groups is 1. The lowest BCUT2D eigenvalue weighted by Crippen LogP contribution is -3.10. The van der Waals surface area contributed by atoms with Crippen LogP contribution >= 0.6 is 0 Å². The number of rotatable bonds is 6. The maximum atomic E-state index is 9.85. The zero-order valence-corrected chi connectivity index (χ0v) is 14.1. The van der Waals surface area contributed by atoms with Crippen LogP contribution in [0.2, 0.25) is 0 Å². The monoisotopic (exact) mass is 325 g/mol. The summed E-state index contributed by atoms with van der Waals surface area (Å²) < 4.78 is 5.26. The second-order valence-electron chi connectivity index (χ2n) is 6.24. The van der Waals surface area contributed by atoms with Crippen LogP contribution in [0.3, 0.4) is 0 Å². The average Bonchev–Trinajstić information content (AvgIpc) is 3.15. The molecule has 0 aromatic heterocycles. The topological polar surface area (TPSA) is 46.3 Å². The van der Waals surface area contributed by atoms with Crippen molar-refractivity contribution in [3.8, 4) is 11.5 Å². The zero-order chi connectivity index (χ0) is 16.8. The van der Waals surface area contributed by atoms with E-state index >= 15 is 0 Å². The standard InChI is InChI=1S/C20H24N2O2/c1-24-18-10-8-16(9-11-18)19(22-12-4-5-13-22)15-21-14-17-6-2-3-7-20(17)23/h2-3,6-11,14,19,23H,4-5,12-13,15H2,1H3/p+1/t19-/m1/s1. The van der Waals surface area contributed by atoms with Crippen LogP contribution in [0.25, 0.3) is 0 Å². The van der Waals surface area contributed by atoms with Gasteiger partial charge in [-0.2, -0.15) is 0 Å². The summed E-state index contributed by atoms with van der Waals surface area (Å²) in [5.74, 6) is 1.15. The van der Waals surface area contributed by atoms with Gasteiger partial charge >= 0.3 is 0 Å². The summed E-state index contributed by atoms with van der Waals surface area (Å²) in [6.07, 6.45) is 4.34. The van der Waals surface area contributed by atoms with E-state index in [-0.39, 0.29) is 5.75 Å². The van der Waals surface area contributed by atoms with Gasteiger partial charge in [-0.25, -0.2) is 0 Å². The van der Waals surface area contributed by atoms with Crippen molar-refractivity contribution in [3.05, 3.63) is 59.7 Å². The summed E-state index contributed by atoms with van der Waals surface area (Å²) in [7, 11) is 1.69. The first-order valence-electron chi connectivity index (χ1n) is 8.54. The maximum absolute atomic E-state index is 9.85. The van der Waals surface area contributed by atoms with Crippen molar-refractivity contribution >= 4 is 6.21 Å². The molecule has 1 aliphatic heterocycles. The Labute approximate surface area is 143 Å². The summed E-state index contributed by atoms with van der Waals surface area (Å²) in [5.41, 5.74) is 2.06. The normalized spacial score (nSPS) is 16.5. The molecular formula is C20H25N2O2+. The summed E-state index contributed by atoms with van der Waals surface area (Å²) in [5, 5.41) is 9.85. The molecule has 0 radical (unpaired) electrons. The number of methoxy groups -OCH3 is 1. The summed E-state index contributed by atoms with van der Waals surface area (Å²) in [4.78, 5) is 6.22. The number of nitrogens with zero attached hydrogens (tertiary/aromatic N) is 1. The lowest BCUT2D eigenvalue weighted by Gasteiger charge is -2.23. The molecule has 1 aliphatic rings. The van der Waals surface area contributed by atoms with E-state index in [9.17, 15) is 5.11 Å². The molecule has 0 aliphatic carbocycles. The van der Waals surface area contributed by atoms with Gasteiger partial charge in [0.15, 0.2) is 0 Å². The lowest BCUT2D eigenvalue weighted by atomic mass is 10.1. The molecule has 0 unspecified atom stereocenters. The maximum Gasteiger partial charge on any atom is 0.133 e. The van der Waals surface area contributed by atoms with Crippen molar-refractivity contribution < 1.29 is 14.7 Å². The van der Waals surface area contributed by atoms with E-state index in [1.165, 1.54) is 31.5 Å². The van der Waals surface area contributed by atoms with Crippen LogP contribution in [-0.4, -0.2) is 38.1 Å². The number of hydrogen-bond donors (Lipinski definition) is 2. The van der Waals surface area contributed by atoms with E-state index in [0.717, 1.165) is 17.9 Å². The van der Waals surface area contributed by atoms with Gasteiger partial charge in [0.1, 0.15) is 17.5 Å². The molecule has 1 atom stereocenters. The van der Waals surface area contributed by atoms with Gasteiger partial charge in [-0.1, -0.05) is 12.1 Å². The van der Waals surface area contributed by atoms with E-state index in [1.807, 2.05) is 30.3 Å². The minimum absolute atomic E-state index is 0.274. The van der Waals surface area contributed by atoms with Gasteiger partial charge in [-0.05, 0) is 36.4 Å². The van der Waals surface area contributed by atoms with Gasteiger partial charge < -0.3 is 14.7 Å². The summed E-state index contributed by atoms with van der Waals surface area (Å²) in [6.45, 7) is 3.11. The fourth-order valence-corrected chi connectivity index (χ4v) is 3.34. The Morgan fingerprint density at radius 1 is 1.12 bits per heavy atom. The molecule has 0 saturated carbocycles. The third-order valence-corrected chi connectivity index (χ3v) is 4.71. The molecule has 126 valence electrons. The number of phenols is 1. The highest BCUT2D eigenvalue weighted by molar-refractivity contribution is 5.83. The van der Waals surface area contributed by atoms with E-state index < -0.39 is 0 Å². The molecule has 2 N–H and O–H groups in total. The summed E-state index contributed by atoms with van der Waals surface area (Å²) in [6, 6.07) is 16.0. The molecule has 1 heterocycles. The zero-order valence-electron chi connectivity index (χ0n) is 14.1. The molecule has 1 fully saturated rings. The van der Waals surface area contributed by atoms with Gasteiger partial charge in [-0.3, -0.25) is 4.99 Å². The van der Waals surface area contributed by atoms with Gasteiger partial charge in [0.05, 0.1) is 26.7 Å². The molecule has 2 aromatic carbocycles. The lowest BCUT2D eigenvalue weighted by molar-refractivity contribution is -0.918. The van der Waals surface area contributed by atoms with Crippen LogP contribution in [0.4, 0.5) is 0 Å². The van der Waals surface area contributed by atoms with Crippen molar-refractivity contribution in [1.29, 1.82) is 0 Å². The molecular weight excluding hydrogens is 300 g/mol. The molecule has 1 saturated heterocycles. The van der Waals surface area contributed by atoms with Gasteiger partial charge in [0.2, 0.25) is 0 Å². The first-order chi connectivity index (χ1) is 11.8. The number of nitrogens with one attached hydrogen (secondary N) is 1. The molecule has 0 bridgehead atoms. The molecule has 0 amide bonds. The number of aliphatic imine (C=N–C) groups is 1. The Morgan fingerprint density at radius 3 is 2.50 bits per heavy atom. The molecule has 24 heavy (non-hydrogen) atoms. The average molecular weight is 325 g/mol. The number of hydrogen-bond acceptors (Lipinski definition) is 3. The number of ether oxygens (including phenoxy) is 1. The SMILES string of the molecule is COc1ccc([C@@H](CN=Cc2ccccc2O)[NH+]2CCCC2)cc1. The minimum atomic E-state index is 0.274. The van der Waals surface area contributed by atoms with Crippen molar-refractivity contribution in [2.45, 2.75) is 18.9 Å². The minimum Gasteiger partial charge on any atom is -0.507 e. The van der Waals surface area contributed by atoms with Crippen LogP contribution in [-0.2, 0) is 0 Å². The van der Waals surface area contributed by atoms with Crippen molar-refractivity contribution in [1.82, 2.24) is 0 Å². The highest BCUT2D eigenvalue weighted by atomic mass is 16.5. The largest absolute Gasteiger partial charge is 0.507 e. The second kappa shape index (κ2) is 7.97. The van der Waals surface area contributed by atoms with Gasteiger partial charge in [0, 0.05) is 30.2 Å². The van der Waals surface area contributed by atoms with Crippen LogP contribution in [0.5, 0.6) is 11.5 Å². The van der Waals surface area contributed by atoms with Gasteiger partial charge in [-0.15, -0.1) is 0 Å². The fraction of sp³-hybridized carbons (Fsp3) is 0.350. The van der Waals surface area contributed by atoms with E-state index in [1.54, 1.807) is 24.3 Å². The van der Waals surface area contributed by atoms with Crippen molar-refractivity contribution in [2.24, 2.45) is 4.99 Å². The Balaban J connectivity index is 1.76. The molecule has 0 spiro atoms. The molecule has 3 rings (SSSR count). The van der Waals surface area contributed by atoms with Crippen LogP contribution < -0.4 is 9.64 Å². The third-order valence-electron chi connectivity index (χ3n) is 4.71. The fourth-order valence-electron chi connectivity index (χ4n) is 3.34. The highest BCUT2D eigenvalue weighted by Crippen LogP contribution is 2.18. The Hall–Kier alpha value is -2.33. The number of likely N-dealkylation sites (tertiary alicyclic amines) is 1. The highest BCUT2D eigenvalue weighted by Gasteiger charge is 2.26. The second-order valence-corrected chi connectivity index (χ2v) is 6.24. The first-order valence-corrected chi connectivity index (χ1v) is 8.54. The predicted molar refractivity (Wildman–Crippen MR) is 96.2 cm³/mol. The first kappa shape index (κ1) is 16.5. The number of para-hydroxylation sites is 1. The Kier molecular flexibility index (Phi) is 5.49. The quantitative estimate of drug-likeness (QED) is 0.800. The van der Waals surface area contributed by atoms with E-state index in [0.29, 0.717) is 6.04 Å². The Morgan fingerprint density at radius 2 is 1.83 bits per heavy atom. The smallest absolute Gasteiger partial charge is 0.133 e. The van der Waals surface area contributed by atoms with Crippen molar-refractivity contribution in [2.75, 3.05) is 26.7 Å². The van der Waals surface area contributed by atoms with Crippen LogP contribution in [0.1, 0.15) is 30.0 Å².